The van der Waals surface area contributed by atoms with Crippen molar-refractivity contribution in [1.82, 2.24) is 15.3 Å². The summed E-state index contributed by atoms with van der Waals surface area (Å²) in [5.41, 5.74) is 1.04. The molecule has 1 atom stereocenters. The van der Waals surface area contributed by atoms with Crippen molar-refractivity contribution >= 4 is 23.0 Å². The average Bonchev–Trinajstić information content (AvgIpc) is 2.70. The van der Waals surface area contributed by atoms with Gasteiger partial charge in [0.15, 0.2) is 0 Å². The molecule has 0 saturated heterocycles. The smallest absolute Gasteiger partial charge is 0.408 e. The Bertz CT molecular complexity index is 1030. The van der Waals surface area contributed by atoms with Crippen molar-refractivity contribution in [2.24, 2.45) is 0 Å². The molecule has 8 nitrogen and oxygen atoms in total. The Hall–Kier alpha value is -3.68. The van der Waals surface area contributed by atoms with Crippen LogP contribution in [0.25, 0.3) is 10.9 Å². The molecule has 1 amide bonds. The van der Waals surface area contributed by atoms with Crippen LogP contribution in [0.4, 0.5) is 4.79 Å². The molecule has 0 bridgehead atoms. The maximum atomic E-state index is 12.1. The number of H-pyrrole nitrogens is 1. The highest BCUT2D eigenvalue weighted by Gasteiger charge is 2.21. The Morgan fingerprint density at radius 1 is 1.11 bits per heavy atom. The quantitative estimate of drug-likeness (QED) is 0.577. The number of fused-ring (bicyclic) bond motifs is 1. The van der Waals surface area contributed by atoms with Gasteiger partial charge >= 0.3 is 12.1 Å². The number of benzene rings is 2. The third kappa shape index (κ3) is 4.94. The lowest BCUT2D eigenvalue weighted by Gasteiger charge is -2.14. The summed E-state index contributed by atoms with van der Waals surface area (Å²) in [6, 6.07) is 14.8. The number of aryl methyl sites for hydroxylation is 1. The zero-order valence-corrected chi connectivity index (χ0v) is 14.9. The minimum Gasteiger partial charge on any atom is -0.480 e. The molecule has 144 valence electrons. The molecule has 0 aliphatic heterocycles. The average molecular weight is 381 g/mol. The second-order valence-corrected chi connectivity index (χ2v) is 6.17. The Balaban J connectivity index is 1.59. The first-order chi connectivity index (χ1) is 13.5. The number of amides is 1. The minimum absolute atomic E-state index is 0.0402. The van der Waals surface area contributed by atoms with Gasteiger partial charge in [-0.2, -0.15) is 0 Å². The zero-order chi connectivity index (χ0) is 19.9. The van der Waals surface area contributed by atoms with Crippen molar-refractivity contribution in [2.75, 3.05) is 0 Å². The number of carbonyl (C=O) groups excluding carboxylic acids is 1. The second-order valence-electron chi connectivity index (χ2n) is 6.17. The standard InChI is InChI=1S/C20H19N3O5/c24-18-14-8-4-5-9-15(14)21-17(23-18)11-10-16(19(25)26)22-20(27)28-12-13-6-2-1-3-7-13/h1-9,16H,10-12H2,(H,22,27)(H,25,26)(H,21,23,24). The van der Waals surface area contributed by atoms with E-state index in [1.807, 2.05) is 18.2 Å². The summed E-state index contributed by atoms with van der Waals surface area (Å²) in [5.74, 6) is -0.839. The van der Waals surface area contributed by atoms with Gasteiger partial charge in [0, 0.05) is 6.42 Å². The lowest BCUT2D eigenvalue weighted by Crippen LogP contribution is -2.41. The first-order valence-corrected chi connectivity index (χ1v) is 8.71. The molecule has 3 aromatic rings. The highest BCUT2D eigenvalue weighted by atomic mass is 16.5. The van der Waals surface area contributed by atoms with Crippen molar-refractivity contribution in [3.63, 3.8) is 0 Å². The molecule has 3 rings (SSSR count). The largest absolute Gasteiger partial charge is 0.480 e. The highest BCUT2D eigenvalue weighted by molar-refractivity contribution is 5.80. The third-order valence-electron chi connectivity index (χ3n) is 4.13. The molecule has 0 saturated carbocycles. The molecule has 1 unspecified atom stereocenters. The van der Waals surface area contributed by atoms with Crippen LogP contribution in [0.15, 0.2) is 59.4 Å². The number of hydrogen-bond donors (Lipinski definition) is 3. The van der Waals surface area contributed by atoms with E-state index in [0.29, 0.717) is 16.7 Å². The fourth-order valence-corrected chi connectivity index (χ4v) is 2.70. The van der Waals surface area contributed by atoms with Crippen molar-refractivity contribution in [1.29, 1.82) is 0 Å². The van der Waals surface area contributed by atoms with E-state index in [2.05, 4.69) is 15.3 Å². The molecule has 2 aromatic carbocycles. The molecule has 0 radical (unpaired) electrons. The van der Waals surface area contributed by atoms with Crippen LogP contribution in [0.2, 0.25) is 0 Å². The number of aromatic amines is 1. The van der Waals surface area contributed by atoms with Gasteiger partial charge in [0.05, 0.1) is 10.9 Å². The lowest BCUT2D eigenvalue weighted by atomic mass is 10.1. The van der Waals surface area contributed by atoms with E-state index in [1.54, 1.807) is 36.4 Å². The Kier molecular flexibility index (Phi) is 6.01. The lowest BCUT2D eigenvalue weighted by molar-refractivity contribution is -0.139. The summed E-state index contributed by atoms with van der Waals surface area (Å²) < 4.78 is 5.05. The normalized spacial score (nSPS) is 11.7. The van der Waals surface area contributed by atoms with E-state index in [1.165, 1.54) is 0 Å². The van der Waals surface area contributed by atoms with Crippen LogP contribution in [-0.4, -0.2) is 33.2 Å². The topological polar surface area (TPSA) is 121 Å². The third-order valence-corrected chi connectivity index (χ3v) is 4.13. The van der Waals surface area contributed by atoms with Crippen molar-refractivity contribution in [2.45, 2.75) is 25.5 Å². The fraction of sp³-hybridized carbons (Fsp3) is 0.200. The first-order valence-electron chi connectivity index (χ1n) is 8.71. The van der Waals surface area contributed by atoms with E-state index >= 15 is 0 Å². The van der Waals surface area contributed by atoms with Gasteiger partial charge in [0.2, 0.25) is 0 Å². The molecule has 1 aromatic heterocycles. The molecular formula is C20H19N3O5. The Labute approximate surface area is 160 Å². The van der Waals surface area contributed by atoms with Gasteiger partial charge in [-0.1, -0.05) is 42.5 Å². The zero-order valence-electron chi connectivity index (χ0n) is 14.9. The monoisotopic (exact) mass is 381 g/mol. The maximum Gasteiger partial charge on any atom is 0.408 e. The summed E-state index contributed by atoms with van der Waals surface area (Å²) in [4.78, 5) is 42.4. The number of nitrogens with one attached hydrogen (secondary N) is 2. The van der Waals surface area contributed by atoms with Crippen LogP contribution >= 0.6 is 0 Å². The van der Waals surface area contributed by atoms with E-state index in [-0.39, 0.29) is 25.0 Å². The molecule has 1 heterocycles. The van der Waals surface area contributed by atoms with Gasteiger partial charge in [-0.05, 0) is 24.1 Å². The van der Waals surface area contributed by atoms with Crippen LogP contribution in [0, 0.1) is 0 Å². The van der Waals surface area contributed by atoms with Crippen molar-refractivity contribution in [3.05, 3.63) is 76.3 Å². The van der Waals surface area contributed by atoms with Crippen LogP contribution in [0.3, 0.4) is 0 Å². The van der Waals surface area contributed by atoms with Gasteiger partial charge in [0.25, 0.3) is 5.56 Å². The molecule has 3 N–H and O–H groups in total. The molecule has 0 spiro atoms. The van der Waals surface area contributed by atoms with Gasteiger partial charge in [-0.3, -0.25) is 4.79 Å². The van der Waals surface area contributed by atoms with Crippen LogP contribution in [-0.2, 0) is 22.6 Å². The molecule has 0 aliphatic carbocycles. The predicted octanol–water partition coefficient (Wildman–Crippen LogP) is 2.24. The Morgan fingerprint density at radius 2 is 1.82 bits per heavy atom. The number of carbonyl (C=O) groups is 2. The van der Waals surface area contributed by atoms with E-state index in [0.717, 1.165) is 5.56 Å². The molecule has 8 heteroatoms. The predicted molar refractivity (Wildman–Crippen MR) is 102 cm³/mol. The van der Waals surface area contributed by atoms with Gasteiger partial charge in [-0.15, -0.1) is 0 Å². The fourth-order valence-electron chi connectivity index (χ4n) is 2.70. The molecular weight excluding hydrogens is 362 g/mol. The number of para-hydroxylation sites is 1. The van der Waals surface area contributed by atoms with Crippen LogP contribution < -0.4 is 10.9 Å². The summed E-state index contributed by atoms with van der Waals surface area (Å²) >= 11 is 0. The number of alkyl carbamates (subject to hydrolysis) is 1. The maximum absolute atomic E-state index is 12.1. The summed E-state index contributed by atoms with van der Waals surface area (Å²) in [7, 11) is 0. The van der Waals surface area contributed by atoms with E-state index < -0.39 is 18.1 Å². The van der Waals surface area contributed by atoms with Crippen LogP contribution in [0.1, 0.15) is 17.8 Å². The number of nitrogens with zero attached hydrogens (tertiary/aromatic N) is 1. The SMILES string of the molecule is O=C(NC(CCc1nc2ccccc2c(=O)[nH]1)C(=O)O)OCc1ccccc1. The molecule has 0 fully saturated rings. The molecule has 0 aliphatic rings. The number of carboxylic acids is 1. The number of aliphatic carboxylic acids is 1. The number of carboxylic acid groups (broad SMARTS) is 1. The van der Waals surface area contributed by atoms with Crippen molar-refractivity contribution in [3.8, 4) is 0 Å². The Morgan fingerprint density at radius 3 is 2.57 bits per heavy atom. The first kappa shape index (κ1) is 19.1. The number of ether oxygens (including phenoxy) is 1. The highest BCUT2D eigenvalue weighted by Crippen LogP contribution is 2.08. The van der Waals surface area contributed by atoms with Crippen molar-refractivity contribution < 1.29 is 19.4 Å². The molecule has 28 heavy (non-hydrogen) atoms. The van der Waals surface area contributed by atoms with Gasteiger partial charge < -0.3 is 20.1 Å². The number of aromatic nitrogens is 2. The number of hydrogen-bond acceptors (Lipinski definition) is 5. The summed E-state index contributed by atoms with van der Waals surface area (Å²) in [5, 5.41) is 12.1. The van der Waals surface area contributed by atoms with Crippen LogP contribution in [0.5, 0.6) is 0 Å². The van der Waals surface area contributed by atoms with Gasteiger partial charge in [-0.25, -0.2) is 14.6 Å². The second kappa shape index (κ2) is 8.81. The summed E-state index contributed by atoms with van der Waals surface area (Å²) in [6.07, 6.45) is -0.594. The van der Waals surface area contributed by atoms with E-state index in [4.69, 9.17) is 4.74 Å². The number of rotatable bonds is 7. The summed E-state index contributed by atoms with van der Waals surface area (Å²) in [6.45, 7) is 0.0402. The minimum atomic E-state index is -1.19. The van der Waals surface area contributed by atoms with Gasteiger partial charge in [0.1, 0.15) is 18.5 Å². The van der Waals surface area contributed by atoms with E-state index in [9.17, 15) is 19.5 Å².